The molecule has 3 heterocycles. The molecule has 0 bridgehead atoms. The van der Waals surface area contributed by atoms with E-state index in [0.29, 0.717) is 36.3 Å². The number of hydrogen-bond donors (Lipinski definition) is 2. The molecule has 60 heavy (non-hydrogen) atoms. The molecule has 2 N–H and O–H groups in total. The zero-order chi connectivity index (χ0) is 42.8. The van der Waals surface area contributed by atoms with E-state index < -0.39 is 19.8 Å². The van der Waals surface area contributed by atoms with Crippen molar-refractivity contribution >= 4 is 42.4 Å². The number of nitrogens with zero attached hydrogens (tertiary/aromatic N) is 2. The van der Waals surface area contributed by atoms with Crippen molar-refractivity contribution in [1.29, 1.82) is 0 Å². The number of carbonyl (C=O) groups is 3. The maximum absolute atomic E-state index is 15.5. The Bertz CT molecular complexity index is 2280. The molecule has 0 saturated carbocycles. The van der Waals surface area contributed by atoms with Crippen molar-refractivity contribution in [3.8, 4) is 5.75 Å². The van der Waals surface area contributed by atoms with Gasteiger partial charge in [-0.05, 0) is 99.2 Å². The minimum absolute atomic E-state index is 0.0540. The number of ether oxygens (including phenoxy) is 2. The zero-order valence-corrected chi connectivity index (χ0v) is 37.0. The van der Waals surface area contributed by atoms with Crippen molar-refractivity contribution in [2.24, 2.45) is 5.92 Å². The van der Waals surface area contributed by atoms with Gasteiger partial charge in [-0.3, -0.25) is 14.4 Å². The Morgan fingerprint density at radius 2 is 1.65 bits per heavy atom. The second-order valence-electron chi connectivity index (χ2n) is 17.5. The van der Waals surface area contributed by atoms with Crippen molar-refractivity contribution in [1.82, 2.24) is 4.90 Å². The van der Waals surface area contributed by atoms with E-state index in [1.807, 2.05) is 71.6 Å². The summed E-state index contributed by atoms with van der Waals surface area (Å²) < 4.78 is 12.9. The van der Waals surface area contributed by atoms with Crippen molar-refractivity contribution in [2.75, 3.05) is 30.5 Å². The van der Waals surface area contributed by atoms with Gasteiger partial charge >= 0.3 is 0 Å². The Kier molecular flexibility index (Phi) is 12.7. The normalized spacial score (nSPS) is 22.4. The van der Waals surface area contributed by atoms with E-state index >= 15 is 4.79 Å². The SMILES string of the molecule is COc1ccc([Si](C)(C)[C@H]2[C@H](CC(=O)N3Cc4ccccc4C[C@H]3CO)O[C@@]3(C(=O)N(C/C=C(\C)CCC=C(C)C)c4ccc(NC(=O)c5ccccc5)cc43)[C@@H]2C)cc1. The molecular weight excluding hydrogens is 767 g/mol. The number of carbonyl (C=O) groups excluding carboxylic acids is 3. The van der Waals surface area contributed by atoms with Gasteiger partial charge in [-0.2, -0.15) is 0 Å². The number of hydrogen-bond acceptors (Lipinski definition) is 6. The summed E-state index contributed by atoms with van der Waals surface area (Å²) >= 11 is 0. The third-order valence-electron chi connectivity index (χ3n) is 13.1. The van der Waals surface area contributed by atoms with E-state index in [-0.39, 0.29) is 48.3 Å². The first-order chi connectivity index (χ1) is 28.8. The minimum atomic E-state index is -2.58. The van der Waals surface area contributed by atoms with Crippen molar-refractivity contribution < 1.29 is 29.0 Å². The molecule has 0 aliphatic carbocycles. The van der Waals surface area contributed by atoms with Gasteiger partial charge < -0.3 is 29.7 Å². The Hall–Kier alpha value is -5.29. The van der Waals surface area contributed by atoms with E-state index in [1.54, 1.807) is 24.1 Å². The lowest BCUT2D eigenvalue weighted by Gasteiger charge is -2.39. The lowest BCUT2D eigenvalue weighted by atomic mass is 9.82. The molecule has 7 rings (SSSR count). The number of methoxy groups -OCH3 is 1. The second-order valence-corrected chi connectivity index (χ2v) is 22.2. The molecule has 0 unspecified atom stereocenters. The van der Waals surface area contributed by atoms with Crippen LogP contribution < -0.4 is 20.1 Å². The van der Waals surface area contributed by atoms with Crippen molar-refractivity contribution in [3.63, 3.8) is 0 Å². The Morgan fingerprint density at radius 3 is 2.33 bits per heavy atom. The van der Waals surface area contributed by atoms with Gasteiger partial charge in [-0.25, -0.2) is 0 Å². The minimum Gasteiger partial charge on any atom is -0.497 e. The highest BCUT2D eigenvalue weighted by molar-refractivity contribution is 6.91. The predicted octanol–water partition coefficient (Wildman–Crippen LogP) is 8.54. The molecule has 4 aromatic carbocycles. The van der Waals surface area contributed by atoms with Crippen LogP contribution >= 0.6 is 0 Å². The smallest absolute Gasteiger partial charge is 0.264 e. The summed E-state index contributed by atoms with van der Waals surface area (Å²) in [5.74, 6) is -0.119. The van der Waals surface area contributed by atoms with Gasteiger partial charge in [0.2, 0.25) is 5.91 Å². The maximum Gasteiger partial charge on any atom is 0.264 e. The van der Waals surface area contributed by atoms with Crippen molar-refractivity contribution in [2.45, 2.75) is 96.3 Å². The van der Waals surface area contributed by atoms with Gasteiger partial charge in [0.15, 0.2) is 5.60 Å². The molecule has 0 radical (unpaired) electrons. The van der Waals surface area contributed by atoms with Gasteiger partial charge in [0, 0.05) is 35.8 Å². The van der Waals surface area contributed by atoms with Gasteiger partial charge in [0.05, 0.1) is 46.0 Å². The first kappa shape index (κ1) is 42.8. The highest BCUT2D eigenvalue weighted by Crippen LogP contribution is 2.60. The Labute approximate surface area is 356 Å². The summed E-state index contributed by atoms with van der Waals surface area (Å²) in [4.78, 5) is 47.3. The first-order valence-corrected chi connectivity index (χ1v) is 24.3. The molecule has 1 saturated heterocycles. The number of nitrogens with one attached hydrogen (secondary N) is 1. The summed E-state index contributed by atoms with van der Waals surface area (Å²) in [6, 6.07) is 30.6. The average Bonchev–Trinajstić information content (AvgIpc) is 3.67. The van der Waals surface area contributed by atoms with Crippen LogP contribution in [-0.4, -0.2) is 68.2 Å². The number of rotatable bonds is 13. The fourth-order valence-corrected chi connectivity index (χ4v) is 13.8. The molecule has 4 aromatic rings. The summed E-state index contributed by atoms with van der Waals surface area (Å²) in [6.45, 7) is 13.6. The van der Waals surface area contributed by atoms with E-state index in [4.69, 9.17) is 9.47 Å². The summed E-state index contributed by atoms with van der Waals surface area (Å²) in [7, 11) is -0.925. The predicted molar refractivity (Wildman–Crippen MR) is 241 cm³/mol. The number of allylic oxidation sites excluding steroid dienone is 3. The molecule has 314 valence electrons. The van der Waals surface area contributed by atoms with Crippen LogP contribution in [0.15, 0.2) is 120 Å². The average molecular weight is 826 g/mol. The van der Waals surface area contributed by atoms with Gasteiger partial charge in [-0.15, -0.1) is 0 Å². The van der Waals surface area contributed by atoms with Crippen LogP contribution in [0, 0.1) is 5.92 Å². The second kappa shape index (κ2) is 17.7. The van der Waals surface area contributed by atoms with Crippen LogP contribution in [0.1, 0.15) is 74.0 Å². The number of amides is 3. The number of fused-ring (bicyclic) bond motifs is 3. The number of anilines is 2. The molecule has 0 aromatic heterocycles. The number of aliphatic hydroxyl groups excluding tert-OH is 1. The summed E-state index contributed by atoms with van der Waals surface area (Å²) in [6.07, 6.45) is 6.16. The molecule has 5 atom stereocenters. The third kappa shape index (κ3) is 8.25. The lowest BCUT2D eigenvalue weighted by Crippen LogP contribution is -2.52. The highest BCUT2D eigenvalue weighted by Gasteiger charge is 2.66. The summed E-state index contributed by atoms with van der Waals surface area (Å²) in [5, 5.41) is 14.8. The highest BCUT2D eigenvalue weighted by atomic mass is 28.3. The fraction of sp³-hybridized carbons (Fsp3) is 0.380. The van der Waals surface area contributed by atoms with E-state index in [9.17, 15) is 14.7 Å². The molecule has 1 fully saturated rings. The largest absolute Gasteiger partial charge is 0.497 e. The Balaban J connectivity index is 1.31. The van der Waals surface area contributed by atoms with E-state index in [0.717, 1.165) is 35.4 Å². The molecule has 3 amide bonds. The molecular formula is C50H59N3O6Si. The van der Waals surface area contributed by atoms with Crippen LogP contribution in [0.2, 0.25) is 18.6 Å². The van der Waals surface area contributed by atoms with Gasteiger partial charge in [0.25, 0.3) is 11.8 Å². The number of aliphatic hydroxyl groups is 1. The fourth-order valence-electron chi connectivity index (χ4n) is 9.83. The summed E-state index contributed by atoms with van der Waals surface area (Å²) in [5.41, 5.74) is 5.58. The quantitative estimate of drug-likeness (QED) is 0.103. The van der Waals surface area contributed by atoms with E-state index in [2.05, 4.69) is 76.5 Å². The van der Waals surface area contributed by atoms with E-state index in [1.165, 1.54) is 16.3 Å². The molecule has 3 aliphatic rings. The van der Waals surface area contributed by atoms with Gasteiger partial charge in [-0.1, -0.05) is 103 Å². The monoisotopic (exact) mass is 825 g/mol. The topological polar surface area (TPSA) is 108 Å². The molecule has 3 aliphatic heterocycles. The van der Waals surface area contributed by atoms with Crippen LogP contribution in [0.25, 0.3) is 0 Å². The molecule has 1 spiro atoms. The number of benzene rings is 4. The van der Waals surface area contributed by atoms with Crippen LogP contribution in [0.5, 0.6) is 5.75 Å². The first-order valence-electron chi connectivity index (χ1n) is 21.2. The van der Waals surface area contributed by atoms with Crippen LogP contribution in [-0.2, 0) is 32.9 Å². The van der Waals surface area contributed by atoms with Gasteiger partial charge in [0.1, 0.15) is 5.75 Å². The standard InChI is InChI=1S/C50H59N3O6Si/c1-33(2)14-13-15-34(3)26-27-52-44-25-20-39(51-48(56)36-16-9-8-10-17-36)29-43(44)50(49(52)57)35(4)47(60(6,7)42-23-21-41(58-5)22-24-42)45(59-50)30-46(55)53-31-38-19-12-11-18-37(38)28-40(53)32-54/h8-12,14,16-26,29,35,40,45,47,54H,13,15,27-28,30-32H2,1-7H3,(H,51,56)/b34-26+/t35-,40+,45+,47-,50+/m1/s1. The van der Waals surface area contributed by atoms with Crippen LogP contribution in [0.3, 0.4) is 0 Å². The Morgan fingerprint density at radius 1 is 0.950 bits per heavy atom. The zero-order valence-electron chi connectivity index (χ0n) is 36.0. The van der Waals surface area contributed by atoms with Crippen LogP contribution in [0.4, 0.5) is 11.4 Å². The molecule has 10 heteroatoms. The lowest BCUT2D eigenvalue weighted by molar-refractivity contribution is -0.150. The third-order valence-corrected chi connectivity index (χ3v) is 17.5. The molecule has 9 nitrogen and oxygen atoms in total. The van der Waals surface area contributed by atoms with Crippen molar-refractivity contribution in [3.05, 3.63) is 143 Å². The maximum atomic E-state index is 15.5.